The number of urea groups is 1. The molecule has 0 bridgehead atoms. The van der Waals surface area contributed by atoms with Gasteiger partial charge in [0, 0.05) is 25.0 Å². The summed E-state index contributed by atoms with van der Waals surface area (Å²) in [4.78, 5) is 41.3. The van der Waals surface area contributed by atoms with Crippen LogP contribution in [0.25, 0.3) is 11.4 Å². The van der Waals surface area contributed by atoms with Crippen molar-refractivity contribution in [3.05, 3.63) is 24.5 Å². The van der Waals surface area contributed by atoms with Gasteiger partial charge in [-0.3, -0.25) is 20.0 Å². The Bertz CT molecular complexity index is 940. The van der Waals surface area contributed by atoms with E-state index >= 15 is 0 Å². The van der Waals surface area contributed by atoms with Crippen molar-refractivity contribution >= 4 is 29.6 Å². The maximum absolute atomic E-state index is 12.7. The van der Waals surface area contributed by atoms with Gasteiger partial charge in [-0.1, -0.05) is 31.0 Å². The van der Waals surface area contributed by atoms with Gasteiger partial charge in [-0.15, -0.1) is 10.2 Å². The first-order valence-corrected chi connectivity index (χ1v) is 10.4. The third-order valence-corrected chi connectivity index (χ3v) is 6.23. The van der Waals surface area contributed by atoms with E-state index in [1.807, 2.05) is 12.1 Å². The fourth-order valence-corrected chi connectivity index (χ4v) is 4.40. The summed E-state index contributed by atoms with van der Waals surface area (Å²) in [5, 5.41) is 12.4. The number of amides is 4. The molecule has 10 nitrogen and oxygen atoms in total. The number of hydrogen-bond donors (Lipinski definition) is 2. The average molecular weight is 415 g/mol. The second kappa shape index (κ2) is 7.82. The van der Waals surface area contributed by atoms with Crippen molar-refractivity contribution in [2.24, 2.45) is 7.05 Å². The van der Waals surface area contributed by atoms with E-state index in [-0.39, 0.29) is 11.7 Å². The maximum atomic E-state index is 12.7. The standard InChI is InChI=1S/C18H21N7O3S/c1-24-14(12-5-9-19-10-6-12)21-22-17(24)29-11-13(26)23-25-15(27)18(20-16(25)28)7-3-2-4-8-18/h5-6,9-10H,2-4,7-8,11H2,1H3,(H,20,28)(H,23,26). The van der Waals surface area contributed by atoms with E-state index in [4.69, 9.17) is 0 Å². The second-order valence-electron chi connectivity index (χ2n) is 7.14. The predicted molar refractivity (Wildman–Crippen MR) is 104 cm³/mol. The minimum absolute atomic E-state index is 0.00756. The van der Waals surface area contributed by atoms with Crippen LogP contribution in [-0.2, 0) is 16.6 Å². The summed E-state index contributed by atoms with van der Waals surface area (Å²) in [6, 6.07) is 3.07. The molecule has 2 aliphatic rings. The van der Waals surface area contributed by atoms with E-state index in [1.54, 1.807) is 24.0 Å². The number of carbonyl (C=O) groups excluding carboxylic acids is 3. The summed E-state index contributed by atoms with van der Waals surface area (Å²) in [5.41, 5.74) is 2.43. The number of carbonyl (C=O) groups is 3. The van der Waals surface area contributed by atoms with Crippen LogP contribution in [-0.4, -0.2) is 53.9 Å². The van der Waals surface area contributed by atoms with Gasteiger partial charge < -0.3 is 9.88 Å². The molecule has 3 heterocycles. The van der Waals surface area contributed by atoms with Crippen molar-refractivity contribution in [3.8, 4) is 11.4 Å². The maximum Gasteiger partial charge on any atom is 0.344 e. The third kappa shape index (κ3) is 3.69. The summed E-state index contributed by atoms with van der Waals surface area (Å²) in [6.45, 7) is 0. The summed E-state index contributed by atoms with van der Waals surface area (Å²) in [5.74, 6) is -0.186. The van der Waals surface area contributed by atoms with Crippen molar-refractivity contribution in [1.82, 2.24) is 35.5 Å². The van der Waals surface area contributed by atoms with E-state index < -0.39 is 17.5 Å². The van der Waals surface area contributed by atoms with Gasteiger partial charge in [-0.25, -0.2) is 4.79 Å². The van der Waals surface area contributed by atoms with E-state index in [2.05, 4.69) is 25.9 Å². The molecule has 1 saturated heterocycles. The molecule has 2 N–H and O–H groups in total. The number of pyridine rings is 1. The first kappa shape index (κ1) is 19.4. The Kier molecular flexibility index (Phi) is 5.22. The number of aromatic nitrogens is 4. The Labute approximate surface area is 171 Å². The topological polar surface area (TPSA) is 122 Å². The fraction of sp³-hybridized carbons (Fsp3) is 0.444. The van der Waals surface area contributed by atoms with Crippen LogP contribution in [0.5, 0.6) is 0 Å². The molecular weight excluding hydrogens is 394 g/mol. The number of nitrogens with one attached hydrogen (secondary N) is 2. The van der Waals surface area contributed by atoms with Gasteiger partial charge in [-0.2, -0.15) is 5.01 Å². The van der Waals surface area contributed by atoms with Crippen LogP contribution < -0.4 is 10.7 Å². The minimum atomic E-state index is -0.862. The Balaban J connectivity index is 1.37. The molecular formula is C18H21N7O3S. The molecule has 1 aliphatic heterocycles. The van der Waals surface area contributed by atoms with Crippen molar-refractivity contribution in [1.29, 1.82) is 0 Å². The zero-order valence-electron chi connectivity index (χ0n) is 15.9. The molecule has 0 atom stereocenters. The van der Waals surface area contributed by atoms with Gasteiger partial charge in [0.15, 0.2) is 11.0 Å². The molecule has 29 heavy (non-hydrogen) atoms. The van der Waals surface area contributed by atoms with Gasteiger partial charge in [0.05, 0.1) is 5.75 Å². The molecule has 0 aromatic carbocycles. The van der Waals surface area contributed by atoms with Crippen LogP contribution in [0.4, 0.5) is 4.79 Å². The summed E-state index contributed by atoms with van der Waals surface area (Å²) >= 11 is 1.18. The van der Waals surface area contributed by atoms with Crippen LogP contribution in [0.3, 0.4) is 0 Å². The summed E-state index contributed by atoms with van der Waals surface area (Å²) in [7, 11) is 1.81. The average Bonchev–Trinajstić information content (AvgIpc) is 3.20. The lowest BCUT2D eigenvalue weighted by atomic mass is 9.82. The zero-order valence-corrected chi connectivity index (χ0v) is 16.7. The smallest absolute Gasteiger partial charge is 0.322 e. The normalized spacial score (nSPS) is 18.2. The number of rotatable bonds is 5. The third-order valence-electron chi connectivity index (χ3n) is 5.21. The van der Waals surface area contributed by atoms with Gasteiger partial charge >= 0.3 is 6.03 Å². The van der Waals surface area contributed by atoms with Crippen molar-refractivity contribution < 1.29 is 14.4 Å². The molecule has 4 rings (SSSR count). The lowest BCUT2D eigenvalue weighted by Crippen LogP contribution is -2.51. The lowest BCUT2D eigenvalue weighted by Gasteiger charge is -2.30. The number of thioether (sulfide) groups is 1. The zero-order chi connectivity index (χ0) is 20.4. The molecule has 1 saturated carbocycles. The molecule has 1 aliphatic carbocycles. The molecule has 2 aromatic rings. The molecule has 1 spiro atoms. The highest BCUT2D eigenvalue weighted by molar-refractivity contribution is 7.99. The number of hydrazine groups is 1. The van der Waals surface area contributed by atoms with E-state index in [1.165, 1.54) is 11.8 Å². The van der Waals surface area contributed by atoms with Crippen molar-refractivity contribution in [2.75, 3.05) is 5.75 Å². The quantitative estimate of drug-likeness (QED) is 0.557. The Morgan fingerprint density at radius 3 is 2.66 bits per heavy atom. The van der Waals surface area contributed by atoms with Crippen molar-refractivity contribution in [3.63, 3.8) is 0 Å². The molecule has 4 amide bonds. The lowest BCUT2D eigenvalue weighted by molar-refractivity contribution is -0.139. The molecule has 152 valence electrons. The van der Waals surface area contributed by atoms with E-state index in [0.29, 0.717) is 23.8 Å². The van der Waals surface area contributed by atoms with Gasteiger partial charge in [0.1, 0.15) is 5.54 Å². The van der Waals surface area contributed by atoms with Crippen LogP contribution in [0.2, 0.25) is 0 Å². The highest BCUT2D eigenvalue weighted by atomic mass is 32.2. The van der Waals surface area contributed by atoms with Crippen LogP contribution in [0.15, 0.2) is 29.7 Å². The monoisotopic (exact) mass is 415 g/mol. The van der Waals surface area contributed by atoms with Gasteiger partial charge in [0.2, 0.25) is 5.91 Å². The first-order chi connectivity index (χ1) is 14.0. The number of nitrogens with zero attached hydrogens (tertiary/aromatic N) is 5. The molecule has 11 heteroatoms. The molecule has 0 unspecified atom stereocenters. The minimum Gasteiger partial charge on any atom is -0.322 e. The molecule has 2 fully saturated rings. The van der Waals surface area contributed by atoms with E-state index in [0.717, 1.165) is 29.8 Å². The number of hydrogen-bond acceptors (Lipinski definition) is 7. The Morgan fingerprint density at radius 1 is 1.21 bits per heavy atom. The Morgan fingerprint density at radius 2 is 1.93 bits per heavy atom. The SMILES string of the molecule is Cn1c(SCC(=O)NN2C(=O)NC3(CCCCC3)C2=O)nnc1-c1ccncc1. The second-order valence-corrected chi connectivity index (χ2v) is 8.08. The van der Waals surface area contributed by atoms with E-state index in [9.17, 15) is 14.4 Å². The number of imide groups is 1. The predicted octanol–water partition coefficient (Wildman–Crippen LogP) is 1.26. The van der Waals surface area contributed by atoms with Crippen LogP contribution in [0.1, 0.15) is 32.1 Å². The fourth-order valence-electron chi connectivity index (χ4n) is 3.70. The highest BCUT2D eigenvalue weighted by Gasteiger charge is 2.52. The van der Waals surface area contributed by atoms with Gasteiger partial charge in [-0.05, 0) is 25.0 Å². The van der Waals surface area contributed by atoms with Gasteiger partial charge in [0.25, 0.3) is 5.91 Å². The van der Waals surface area contributed by atoms with Crippen molar-refractivity contribution in [2.45, 2.75) is 42.8 Å². The van der Waals surface area contributed by atoms with Crippen LogP contribution >= 0.6 is 11.8 Å². The highest BCUT2D eigenvalue weighted by Crippen LogP contribution is 2.33. The summed E-state index contributed by atoms with van der Waals surface area (Å²) < 4.78 is 1.78. The first-order valence-electron chi connectivity index (χ1n) is 9.39. The summed E-state index contributed by atoms with van der Waals surface area (Å²) in [6.07, 6.45) is 7.37. The molecule has 0 radical (unpaired) electrons. The van der Waals surface area contributed by atoms with Crippen LogP contribution in [0, 0.1) is 0 Å². The largest absolute Gasteiger partial charge is 0.344 e. The Hall–Kier alpha value is -2.95. The molecule has 2 aromatic heterocycles.